The van der Waals surface area contributed by atoms with Gasteiger partial charge in [-0.25, -0.2) is 4.79 Å². The van der Waals surface area contributed by atoms with E-state index < -0.39 is 5.97 Å². The predicted molar refractivity (Wildman–Crippen MR) is 50.6 cm³/mol. The molecule has 0 saturated carbocycles. The fourth-order valence-electron chi connectivity index (χ4n) is 1.08. The molecule has 0 aliphatic heterocycles. The third-order valence-electron chi connectivity index (χ3n) is 1.87. The van der Waals surface area contributed by atoms with Crippen molar-refractivity contribution in [1.29, 1.82) is 0 Å². The number of hydrogen-bond donors (Lipinski definition) is 3. The second kappa shape index (κ2) is 3.78. The molecule has 0 atom stereocenters. The quantitative estimate of drug-likeness (QED) is 0.280. The van der Waals surface area contributed by atoms with Crippen molar-refractivity contribution in [3.8, 4) is 0 Å². The molecule has 4 N–H and O–H groups in total. The number of carboxylic acid groups (broad SMARTS) is 1. The van der Waals surface area contributed by atoms with E-state index in [2.05, 4.69) is 5.16 Å². The summed E-state index contributed by atoms with van der Waals surface area (Å²) >= 11 is 0. The molecule has 0 aromatic heterocycles. The molecule has 0 radical (unpaired) electrons. The second-order valence-electron chi connectivity index (χ2n) is 2.82. The Bertz CT molecular complexity index is 399. The summed E-state index contributed by atoms with van der Waals surface area (Å²) in [5, 5.41) is 20.0. The maximum atomic E-state index is 10.6. The number of hydrogen-bond acceptors (Lipinski definition) is 3. The first-order valence-electron chi connectivity index (χ1n) is 3.88. The molecule has 1 aromatic rings. The van der Waals surface area contributed by atoms with E-state index in [1.54, 1.807) is 13.0 Å². The molecular weight excluding hydrogens is 184 g/mol. The van der Waals surface area contributed by atoms with Gasteiger partial charge in [-0.15, -0.1) is 0 Å². The van der Waals surface area contributed by atoms with Crippen LogP contribution in [0.1, 0.15) is 21.5 Å². The Morgan fingerprint density at radius 3 is 2.64 bits per heavy atom. The van der Waals surface area contributed by atoms with E-state index in [4.69, 9.17) is 16.0 Å². The Hall–Kier alpha value is -2.04. The van der Waals surface area contributed by atoms with Crippen molar-refractivity contribution in [3.05, 3.63) is 34.9 Å². The van der Waals surface area contributed by atoms with Crippen LogP contribution >= 0.6 is 0 Å². The van der Waals surface area contributed by atoms with Gasteiger partial charge in [0.05, 0.1) is 5.56 Å². The molecule has 0 amide bonds. The highest BCUT2D eigenvalue weighted by atomic mass is 16.4. The molecule has 74 valence electrons. The van der Waals surface area contributed by atoms with Crippen molar-refractivity contribution < 1.29 is 15.1 Å². The minimum absolute atomic E-state index is 0.0920. The van der Waals surface area contributed by atoms with Gasteiger partial charge in [0.1, 0.15) is 0 Å². The number of aryl methyl sites for hydroxylation is 1. The van der Waals surface area contributed by atoms with Crippen molar-refractivity contribution in [3.63, 3.8) is 0 Å². The molecule has 1 aromatic carbocycles. The van der Waals surface area contributed by atoms with Crippen LogP contribution in [0.3, 0.4) is 0 Å². The summed E-state index contributed by atoms with van der Waals surface area (Å²) in [4.78, 5) is 10.6. The minimum Gasteiger partial charge on any atom is -0.478 e. The highest BCUT2D eigenvalue weighted by Gasteiger charge is 2.08. The van der Waals surface area contributed by atoms with Gasteiger partial charge in [0.2, 0.25) is 0 Å². The smallest absolute Gasteiger partial charge is 0.335 e. The van der Waals surface area contributed by atoms with Crippen molar-refractivity contribution in [2.45, 2.75) is 6.92 Å². The van der Waals surface area contributed by atoms with Crippen LogP contribution in [0.25, 0.3) is 0 Å². The monoisotopic (exact) mass is 194 g/mol. The summed E-state index contributed by atoms with van der Waals surface area (Å²) in [6.07, 6.45) is 0. The third-order valence-corrected chi connectivity index (χ3v) is 1.87. The number of carbonyl (C=O) groups is 1. The molecular formula is C9H10N2O3. The summed E-state index contributed by atoms with van der Waals surface area (Å²) in [6.45, 7) is 1.75. The van der Waals surface area contributed by atoms with E-state index in [0.29, 0.717) is 5.56 Å². The van der Waals surface area contributed by atoms with Crippen LogP contribution in [0.4, 0.5) is 0 Å². The average molecular weight is 194 g/mol. The maximum Gasteiger partial charge on any atom is 0.335 e. The number of aromatic carboxylic acids is 1. The summed E-state index contributed by atoms with van der Waals surface area (Å²) in [5.41, 5.74) is 6.66. The van der Waals surface area contributed by atoms with E-state index in [-0.39, 0.29) is 11.4 Å². The molecule has 0 heterocycles. The van der Waals surface area contributed by atoms with Gasteiger partial charge in [0.15, 0.2) is 5.84 Å². The number of oxime groups is 1. The van der Waals surface area contributed by atoms with E-state index >= 15 is 0 Å². The number of nitrogens with zero attached hydrogens (tertiary/aromatic N) is 1. The second-order valence-corrected chi connectivity index (χ2v) is 2.82. The lowest BCUT2D eigenvalue weighted by molar-refractivity contribution is 0.0697. The Morgan fingerprint density at radius 2 is 2.14 bits per heavy atom. The number of rotatable bonds is 2. The van der Waals surface area contributed by atoms with E-state index in [1.165, 1.54) is 12.1 Å². The number of nitrogens with two attached hydrogens (primary N) is 1. The first-order valence-corrected chi connectivity index (χ1v) is 3.88. The van der Waals surface area contributed by atoms with Crippen LogP contribution in [0.15, 0.2) is 23.4 Å². The third kappa shape index (κ3) is 1.82. The highest BCUT2D eigenvalue weighted by Crippen LogP contribution is 2.10. The molecule has 0 fully saturated rings. The largest absolute Gasteiger partial charge is 0.478 e. The first-order chi connectivity index (χ1) is 6.56. The van der Waals surface area contributed by atoms with Crippen LogP contribution in [-0.2, 0) is 0 Å². The molecule has 5 heteroatoms. The van der Waals surface area contributed by atoms with Crippen molar-refractivity contribution in [2.24, 2.45) is 10.9 Å². The van der Waals surface area contributed by atoms with Crippen LogP contribution in [0.5, 0.6) is 0 Å². The van der Waals surface area contributed by atoms with E-state index in [1.807, 2.05) is 0 Å². The summed E-state index contributed by atoms with van der Waals surface area (Å²) in [6, 6.07) is 4.44. The molecule has 14 heavy (non-hydrogen) atoms. The number of benzene rings is 1. The molecule has 0 aliphatic rings. The van der Waals surface area contributed by atoms with Crippen LogP contribution in [0.2, 0.25) is 0 Å². The molecule has 0 spiro atoms. The molecule has 0 unspecified atom stereocenters. The zero-order valence-corrected chi connectivity index (χ0v) is 7.56. The van der Waals surface area contributed by atoms with Gasteiger partial charge in [0.25, 0.3) is 0 Å². The molecule has 5 nitrogen and oxygen atoms in total. The molecule has 1 rings (SSSR count). The van der Waals surface area contributed by atoms with Gasteiger partial charge in [-0.3, -0.25) is 0 Å². The Labute approximate surface area is 80.5 Å². The van der Waals surface area contributed by atoms with Crippen LogP contribution < -0.4 is 5.73 Å². The molecule has 0 saturated heterocycles. The van der Waals surface area contributed by atoms with E-state index in [9.17, 15) is 4.79 Å². The van der Waals surface area contributed by atoms with Gasteiger partial charge in [-0.2, -0.15) is 0 Å². The van der Waals surface area contributed by atoms with Gasteiger partial charge in [-0.1, -0.05) is 11.2 Å². The van der Waals surface area contributed by atoms with Crippen LogP contribution in [-0.4, -0.2) is 22.1 Å². The minimum atomic E-state index is -1.04. The lowest BCUT2D eigenvalue weighted by atomic mass is 10.0. The number of amidine groups is 1. The average Bonchev–Trinajstić information content (AvgIpc) is 2.17. The lowest BCUT2D eigenvalue weighted by Gasteiger charge is -2.04. The van der Waals surface area contributed by atoms with E-state index in [0.717, 1.165) is 5.56 Å². The number of carboxylic acids is 1. The normalized spacial score (nSPS) is 11.4. The Balaban J connectivity index is 3.28. The molecule has 0 aliphatic carbocycles. The first kappa shape index (κ1) is 10.0. The SMILES string of the molecule is Cc1ccc(C(=O)O)cc1C(N)=NO. The van der Waals surface area contributed by atoms with Crippen LogP contribution in [0, 0.1) is 6.92 Å². The van der Waals surface area contributed by atoms with Crippen molar-refractivity contribution in [1.82, 2.24) is 0 Å². The fraction of sp³-hybridized carbons (Fsp3) is 0.111. The van der Waals surface area contributed by atoms with Gasteiger partial charge >= 0.3 is 5.97 Å². The fourth-order valence-corrected chi connectivity index (χ4v) is 1.08. The lowest BCUT2D eigenvalue weighted by Crippen LogP contribution is -2.15. The summed E-state index contributed by atoms with van der Waals surface area (Å²) < 4.78 is 0. The Kier molecular flexibility index (Phi) is 2.71. The molecule has 0 bridgehead atoms. The maximum absolute atomic E-state index is 10.6. The van der Waals surface area contributed by atoms with Gasteiger partial charge in [-0.05, 0) is 24.6 Å². The van der Waals surface area contributed by atoms with Crippen molar-refractivity contribution in [2.75, 3.05) is 0 Å². The topological polar surface area (TPSA) is 95.9 Å². The zero-order chi connectivity index (χ0) is 10.7. The Morgan fingerprint density at radius 1 is 1.50 bits per heavy atom. The summed E-state index contributed by atoms with van der Waals surface area (Å²) in [5.74, 6) is -1.14. The zero-order valence-electron chi connectivity index (χ0n) is 7.56. The van der Waals surface area contributed by atoms with Crippen molar-refractivity contribution >= 4 is 11.8 Å². The predicted octanol–water partition coefficient (Wildman–Crippen LogP) is 0.788. The van der Waals surface area contributed by atoms with Gasteiger partial charge in [0, 0.05) is 5.56 Å². The van der Waals surface area contributed by atoms with Gasteiger partial charge < -0.3 is 16.0 Å². The highest BCUT2D eigenvalue weighted by molar-refractivity contribution is 6.00. The summed E-state index contributed by atoms with van der Waals surface area (Å²) in [7, 11) is 0. The standard InChI is InChI=1S/C9H10N2O3/c1-5-2-3-6(9(12)13)4-7(5)8(10)11-14/h2-4,14H,1H3,(H2,10,11)(H,12,13).